The van der Waals surface area contributed by atoms with Crippen LogP contribution in [-0.4, -0.2) is 47.7 Å². The van der Waals surface area contributed by atoms with Crippen molar-refractivity contribution >= 4 is 5.91 Å². The van der Waals surface area contributed by atoms with Crippen LogP contribution in [0.15, 0.2) is 0 Å². The largest absolute Gasteiger partial charge is 0.388 e. The number of carbonyl (C=O) groups is 1. The normalized spacial score (nSPS) is 31.6. The van der Waals surface area contributed by atoms with Crippen molar-refractivity contribution in [3.63, 3.8) is 0 Å². The molecule has 0 bridgehead atoms. The van der Waals surface area contributed by atoms with Gasteiger partial charge in [-0.2, -0.15) is 0 Å². The van der Waals surface area contributed by atoms with E-state index < -0.39 is 5.60 Å². The number of aliphatic hydroxyl groups is 1. The number of rotatable bonds is 3. The Morgan fingerprint density at radius 1 is 1.33 bits per heavy atom. The fourth-order valence-electron chi connectivity index (χ4n) is 3.41. The van der Waals surface area contributed by atoms with E-state index in [-0.39, 0.29) is 11.3 Å². The molecule has 2 N–H and O–H groups in total. The minimum absolute atomic E-state index is 0.166. The van der Waals surface area contributed by atoms with Crippen molar-refractivity contribution in [3.8, 4) is 0 Å². The lowest BCUT2D eigenvalue weighted by atomic mass is 9.74. The van der Waals surface area contributed by atoms with E-state index >= 15 is 0 Å². The SMILES string of the molecule is CCCC1(C(=O)N2CCC(C)(O)C2)CCNCC1. The first kappa shape index (κ1) is 13.8. The summed E-state index contributed by atoms with van der Waals surface area (Å²) in [5, 5.41) is 13.4. The molecular formula is C14H26N2O2. The van der Waals surface area contributed by atoms with Gasteiger partial charge in [-0.1, -0.05) is 13.3 Å². The number of nitrogens with one attached hydrogen (secondary N) is 1. The van der Waals surface area contributed by atoms with Gasteiger partial charge < -0.3 is 15.3 Å². The van der Waals surface area contributed by atoms with E-state index in [9.17, 15) is 9.90 Å². The molecule has 0 aromatic carbocycles. The van der Waals surface area contributed by atoms with Crippen LogP contribution in [0.1, 0.15) is 46.0 Å². The number of carbonyl (C=O) groups excluding carboxylic acids is 1. The molecule has 1 atom stereocenters. The van der Waals surface area contributed by atoms with Gasteiger partial charge in [-0.05, 0) is 45.7 Å². The molecule has 2 fully saturated rings. The quantitative estimate of drug-likeness (QED) is 0.794. The Morgan fingerprint density at radius 3 is 2.50 bits per heavy atom. The van der Waals surface area contributed by atoms with Gasteiger partial charge in [-0.25, -0.2) is 0 Å². The van der Waals surface area contributed by atoms with Gasteiger partial charge in [-0.3, -0.25) is 4.79 Å². The number of β-amino-alcohol motifs (C(OH)–C–C–N with tert-alkyl or cyclic N) is 1. The van der Waals surface area contributed by atoms with Gasteiger partial charge in [0.2, 0.25) is 5.91 Å². The highest BCUT2D eigenvalue weighted by Gasteiger charge is 2.44. The molecule has 2 aliphatic heterocycles. The Bertz CT molecular complexity index is 303. The zero-order chi connectivity index (χ0) is 13.2. The maximum Gasteiger partial charge on any atom is 0.228 e. The molecule has 4 nitrogen and oxygen atoms in total. The highest BCUT2D eigenvalue weighted by atomic mass is 16.3. The number of piperidine rings is 1. The van der Waals surface area contributed by atoms with E-state index in [0.29, 0.717) is 19.5 Å². The van der Waals surface area contributed by atoms with Crippen LogP contribution in [0.4, 0.5) is 0 Å². The van der Waals surface area contributed by atoms with E-state index in [1.165, 1.54) is 0 Å². The smallest absolute Gasteiger partial charge is 0.228 e. The lowest BCUT2D eigenvalue weighted by molar-refractivity contribution is -0.144. The van der Waals surface area contributed by atoms with E-state index in [0.717, 1.165) is 38.8 Å². The van der Waals surface area contributed by atoms with Crippen LogP contribution in [0, 0.1) is 5.41 Å². The minimum Gasteiger partial charge on any atom is -0.388 e. The molecule has 0 aromatic rings. The van der Waals surface area contributed by atoms with Crippen molar-refractivity contribution in [1.29, 1.82) is 0 Å². The van der Waals surface area contributed by atoms with E-state index in [4.69, 9.17) is 0 Å². The number of hydrogen-bond donors (Lipinski definition) is 2. The van der Waals surface area contributed by atoms with Crippen LogP contribution >= 0.6 is 0 Å². The summed E-state index contributed by atoms with van der Waals surface area (Å²) >= 11 is 0. The van der Waals surface area contributed by atoms with Crippen LogP contribution < -0.4 is 5.32 Å². The van der Waals surface area contributed by atoms with E-state index in [1.807, 2.05) is 11.8 Å². The predicted molar refractivity (Wildman–Crippen MR) is 71.3 cm³/mol. The molecule has 0 saturated carbocycles. The van der Waals surface area contributed by atoms with Crippen molar-refractivity contribution < 1.29 is 9.90 Å². The highest BCUT2D eigenvalue weighted by Crippen LogP contribution is 2.37. The fraction of sp³-hybridized carbons (Fsp3) is 0.929. The lowest BCUT2D eigenvalue weighted by Gasteiger charge is -2.39. The zero-order valence-electron chi connectivity index (χ0n) is 11.7. The second-order valence-corrected chi connectivity index (χ2v) is 6.25. The van der Waals surface area contributed by atoms with Crippen molar-refractivity contribution in [2.45, 2.75) is 51.6 Å². The Balaban J connectivity index is 2.09. The second-order valence-electron chi connectivity index (χ2n) is 6.25. The molecular weight excluding hydrogens is 228 g/mol. The average molecular weight is 254 g/mol. The third-order valence-corrected chi connectivity index (χ3v) is 4.48. The summed E-state index contributed by atoms with van der Waals surface area (Å²) in [5.74, 6) is 0.281. The monoisotopic (exact) mass is 254 g/mol. The van der Waals surface area contributed by atoms with Gasteiger partial charge in [0.25, 0.3) is 0 Å². The van der Waals surface area contributed by atoms with Gasteiger partial charge in [0.05, 0.1) is 11.0 Å². The van der Waals surface area contributed by atoms with Crippen molar-refractivity contribution in [2.24, 2.45) is 5.41 Å². The van der Waals surface area contributed by atoms with E-state index in [2.05, 4.69) is 12.2 Å². The van der Waals surface area contributed by atoms with Crippen molar-refractivity contribution in [2.75, 3.05) is 26.2 Å². The first-order chi connectivity index (χ1) is 8.49. The number of nitrogens with zero attached hydrogens (tertiary/aromatic N) is 1. The van der Waals surface area contributed by atoms with Crippen molar-refractivity contribution in [1.82, 2.24) is 10.2 Å². The van der Waals surface area contributed by atoms with Gasteiger partial charge in [0.15, 0.2) is 0 Å². The minimum atomic E-state index is -0.685. The molecule has 104 valence electrons. The summed E-state index contributed by atoms with van der Waals surface area (Å²) in [4.78, 5) is 14.7. The van der Waals surface area contributed by atoms with Crippen LogP contribution in [0.3, 0.4) is 0 Å². The third-order valence-electron chi connectivity index (χ3n) is 4.48. The summed E-state index contributed by atoms with van der Waals surface area (Å²) in [6.07, 6.45) is 4.62. The van der Waals surface area contributed by atoms with Gasteiger partial charge in [-0.15, -0.1) is 0 Å². The maximum atomic E-state index is 12.8. The number of amides is 1. The molecule has 2 aliphatic rings. The standard InChI is InChI=1S/C14H26N2O2/c1-3-4-14(5-8-15-9-6-14)12(17)16-10-7-13(2,18)11-16/h15,18H,3-11H2,1-2H3. The summed E-state index contributed by atoms with van der Waals surface area (Å²) in [6, 6.07) is 0. The molecule has 4 heteroatoms. The van der Waals surface area contributed by atoms with Gasteiger partial charge >= 0.3 is 0 Å². The first-order valence-corrected chi connectivity index (χ1v) is 7.22. The maximum absolute atomic E-state index is 12.8. The van der Waals surface area contributed by atoms with E-state index in [1.54, 1.807) is 0 Å². The van der Waals surface area contributed by atoms with Crippen LogP contribution in [0.2, 0.25) is 0 Å². The van der Waals surface area contributed by atoms with Crippen LogP contribution in [-0.2, 0) is 4.79 Å². The predicted octanol–water partition coefficient (Wildman–Crippen LogP) is 1.14. The van der Waals surface area contributed by atoms with Crippen LogP contribution in [0.25, 0.3) is 0 Å². The number of hydrogen-bond acceptors (Lipinski definition) is 3. The molecule has 0 aromatic heterocycles. The van der Waals surface area contributed by atoms with Crippen LogP contribution in [0.5, 0.6) is 0 Å². The summed E-state index contributed by atoms with van der Waals surface area (Å²) in [5.41, 5.74) is -0.851. The molecule has 1 unspecified atom stereocenters. The first-order valence-electron chi connectivity index (χ1n) is 7.22. The molecule has 2 rings (SSSR count). The van der Waals surface area contributed by atoms with Gasteiger partial charge in [0.1, 0.15) is 0 Å². The topological polar surface area (TPSA) is 52.6 Å². The molecule has 1 amide bonds. The average Bonchev–Trinajstić information content (AvgIpc) is 2.70. The Morgan fingerprint density at radius 2 is 2.00 bits per heavy atom. The second kappa shape index (κ2) is 5.17. The van der Waals surface area contributed by atoms with Crippen molar-refractivity contribution in [3.05, 3.63) is 0 Å². The molecule has 0 spiro atoms. The molecule has 0 aliphatic carbocycles. The molecule has 2 heterocycles. The van der Waals surface area contributed by atoms with Gasteiger partial charge in [0, 0.05) is 13.1 Å². The Labute approximate surface area is 110 Å². The summed E-state index contributed by atoms with van der Waals surface area (Å²) in [7, 11) is 0. The Kier molecular flexibility index (Phi) is 3.97. The number of likely N-dealkylation sites (tertiary alicyclic amines) is 1. The third kappa shape index (κ3) is 2.69. The molecule has 18 heavy (non-hydrogen) atoms. The summed E-state index contributed by atoms with van der Waals surface area (Å²) in [6.45, 7) is 7.08. The zero-order valence-corrected chi connectivity index (χ0v) is 11.7. The lowest BCUT2D eigenvalue weighted by Crippen LogP contribution is -2.49. The Hall–Kier alpha value is -0.610. The highest BCUT2D eigenvalue weighted by molar-refractivity contribution is 5.83. The fourth-order valence-corrected chi connectivity index (χ4v) is 3.41. The molecule has 0 radical (unpaired) electrons. The molecule has 2 saturated heterocycles. The summed E-state index contributed by atoms with van der Waals surface area (Å²) < 4.78 is 0.